The third-order valence-electron chi connectivity index (χ3n) is 7.73. The summed E-state index contributed by atoms with van der Waals surface area (Å²) in [5.74, 6) is 1.59. The van der Waals surface area contributed by atoms with E-state index in [1.54, 1.807) is 24.3 Å². The Balaban J connectivity index is 1.47. The molecule has 8 heteroatoms. The molecule has 0 aromatic heterocycles. The molecule has 5 rings (SSSR count). The quantitative estimate of drug-likeness (QED) is 0.644. The first kappa shape index (κ1) is 23.2. The minimum absolute atomic E-state index is 0.0706. The van der Waals surface area contributed by atoms with Crippen molar-refractivity contribution in [3.8, 4) is 11.5 Å². The van der Waals surface area contributed by atoms with Gasteiger partial charge in [0.1, 0.15) is 22.2 Å². The van der Waals surface area contributed by atoms with Gasteiger partial charge < -0.3 is 14.4 Å². The molecule has 0 bridgehead atoms. The van der Waals surface area contributed by atoms with Crippen LogP contribution >= 0.6 is 0 Å². The number of Topliss-reactive ketones (excluding diaryl/α,β-unsaturated/α-hetero) is 1. The Morgan fingerprint density at radius 2 is 1.85 bits per heavy atom. The minimum atomic E-state index is -3.89. The third-order valence-corrected chi connectivity index (χ3v) is 9.15. The minimum Gasteiger partial charge on any atom is -0.495 e. The van der Waals surface area contributed by atoms with Crippen molar-refractivity contribution in [2.75, 3.05) is 38.6 Å². The van der Waals surface area contributed by atoms with E-state index >= 15 is 0 Å². The van der Waals surface area contributed by atoms with E-state index in [1.165, 1.54) is 13.2 Å². The number of likely N-dealkylation sites (tertiary alicyclic amines) is 1. The molecule has 0 radical (unpaired) electrons. The molecule has 1 saturated carbocycles. The van der Waals surface area contributed by atoms with Gasteiger partial charge in [0.2, 0.25) is 0 Å². The number of nitrogens with one attached hydrogen (secondary N) is 1. The maximum absolute atomic E-state index is 13.2. The van der Waals surface area contributed by atoms with Gasteiger partial charge in [0.25, 0.3) is 10.0 Å². The van der Waals surface area contributed by atoms with E-state index in [2.05, 4.69) is 16.7 Å². The second-order valence-corrected chi connectivity index (χ2v) is 11.5. The standard InChI is InChI=1S/C26H32N2O5S/c1-28-12-8-18(9-13-28)17-33-23-15-19(14-21-20(23)16-25(29)26(21)10-5-11-26)27-34(30,31)24-7-4-3-6-22(24)32-2/h3-4,6-7,14-15,18,27H,5,8-13,16-17H2,1-2H3. The lowest BCUT2D eigenvalue weighted by molar-refractivity contribution is -0.125. The van der Waals surface area contributed by atoms with Crippen LogP contribution in [0.4, 0.5) is 5.69 Å². The van der Waals surface area contributed by atoms with Crippen molar-refractivity contribution in [1.29, 1.82) is 0 Å². The molecule has 1 aliphatic heterocycles. The predicted molar refractivity (Wildman–Crippen MR) is 130 cm³/mol. The topological polar surface area (TPSA) is 84.9 Å². The van der Waals surface area contributed by atoms with Crippen LogP contribution in [-0.4, -0.2) is 53.0 Å². The molecular formula is C26H32N2O5S. The van der Waals surface area contributed by atoms with Gasteiger partial charge in [-0.25, -0.2) is 8.42 Å². The molecule has 0 atom stereocenters. The molecule has 0 unspecified atom stereocenters. The van der Waals surface area contributed by atoms with Crippen molar-refractivity contribution in [3.05, 3.63) is 47.5 Å². The molecule has 2 aliphatic carbocycles. The lowest BCUT2D eigenvalue weighted by atomic mass is 9.64. The summed E-state index contributed by atoms with van der Waals surface area (Å²) in [6.07, 6.45) is 5.14. The zero-order chi connectivity index (χ0) is 23.9. The Hall–Kier alpha value is -2.58. The summed E-state index contributed by atoms with van der Waals surface area (Å²) in [4.78, 5) is 15.4. The van der Waals surface area contributed by atoms with Gasteiger partial charge in [-0.1, -0.05) is 18.6 Å². The summed E-state index contributed by atoms with van der Waals surface area (Å²) in [7, 11) is -0.313. The first-order valence-electron chi connectivity index (χ1n) is 12.0. The summed E-state index contributed by atoms with van der Waals surface area (Å²) in [6, 6.07) is 10.1. The number of carbonyl (C=O) groups is 1. The van der Waals surface area contributed by atoms with Crippen molar-refractivity contribution in [3.63, 3.8) is 0 Å². The number of piperidine rings is 1. The van der Waals surface area contributed by atoms with E-state index in [0.29, 0.717) is 30.4 Å². The van der Waals surface area contributed by atoms with Gasteiger partial charge in [0, 0.05) is 18.1 Å². The number of ketones is 1. The fourth-order valence-corrected chi connectivity index (χ4v) is 6.70. The summed E-state index contributed by atoms with van der Waals surface area (Å²) < 4.78 is 40.8. The number of ether oxygens (including phenoxy) is 2. The predicted octanol–water partition coefficient (Wildman–Crippen LogP) is 3.76. The molecule has 0 amide bonds. The van der Waals surface area contributed by atoms with Crippen LogP contribution in [0.25, 0.3) is 0 Å². The highest BCUT2D eigenvalue weighted by atomic mass is 32.2. The Bertz CT molecular complexity index is 1200. The van der Waals surface area contributed by atoms with Gasteiger partial charge in [-0.3, -0.25) is 9.52 Å². The van der Waals surface area contributed by atoms with E-state index in [4.69, 9.17) is 9.47 Å². The van der Waals surface area contributed by atoms with Crippen LogP contribution in [0.3, 0.4) is 0 Å². The molecule has 1 spiro atoms. The molecule has 1 saturated heterocycles. The van der Waals surface area contributed by atoms with Crippen molar-refractivity contribution in [2.24, 2.45) is 5.92 Å². The number of sulfonamides is 1. The average Bonchev–Trinajstić information content (AvgIpc) is 3.10. The van der Waals surface area contributed by atoms with Gasteiger partial charge in [-0.15, -0.1) is 0 Å². The highest BCUT2D eigenvalue weighted by Crippen LogP contribution is 2.53. The lowest BCUT2D eigenvalue weighted by Crippen LogP contribution is -2.39. The molecule has 2 aromatic rings. The van der Waals surface area contributed by atoms with Gasteiger partial charge in [-0.2, -0.15) is 0 Å². The smallest absolute Gasteiger partial charge is 0.265 e. The number of benzene rings is 2. The molecule has 3 aliphatic rings. The van der Waals surface area contributed by atoms with E-state index in [0.717, 1.165) is 56.3 Å². The molecule has 1 heterocycles. The van der Waals surface area contributed by atoms with Crippen molar-refractivity contribution < 1.29 is 22.7 Å². The number of nitrogens with zero attached hydrogens (tertiary/aromatic N) is 1. The Labute approximate surface area is 201 Å². The molecular weight excluding hydrogens is 452 g/mol. The fraction of sp³-hybridized carbons (Fsp3) is 0.500. The molecule has 34 heavy (non-hydrogen) atoms. The van der Waals surface area contributed by atoms with Gasteiger partial charge in [0.15, 0.2) is 0 Å². The first-order valence-corrected chi connectivity index (χ1v) is 13.5. The Morgan fingerprint density at radius 1 is 1.12 bits per heavy atom. The number of anilines is 1. The zero-order valence-corrected chi connectivity index (χ0v) is 20.6. The number of methoxy groups -OCH3 is 1. The van der Waals surface area contributed by atoms with Crippen molar-refractivity contribution in [1.82, 2.24) is 4.90 Å². The summed E-state index contributed by atoms with van der Waals surface area (Å²) in [5, 5.41) is 0. The summed E-state index contributed by atoms with van der Waals surface area (Å²) in [5.41, 5.74) is 1.80. The third kappa shape index (κ3) is 4.07. The second kappa shape index (κ2) is 8.89. The fourth-order valence-electron chi connectivity index (χ4n) is 5.49. The highest BCUT2D eigenvalue weighted by Gasteiger charge is 2.51. The van der Waals surface area contributed by atoms with Crippen LogP contribution in [0, 0.1) is 5.92 Å². The maximum Gasteiger partial charge on any atom is 0.265 e. The molecule has 182 valence electrons. The molecule has 2 aromatic carbocycles. The lowest BCUT2D eigenvalue weighted by Gasteiger charge is -2.37. The van der Waals surface area contributed by atoms with Crippen LogP contribution < -0.4 is 14.2 Å². The summed E-state index contributed by atoms with van der Waals surface area (Å²) >= 11 is 0. The normalized spacial score (nSPS) is 20.1. The molecule has 1 N–H and O–H groups in total. The maximum atomic E-state index is 13.2. The van der Waals surface area contributed by atoms with Gasteiger partial charge in [-0.05, 0) is 75.5 Å². The monoisotopic (exact) mass is 484 g/mol. The van der Waals surface area contributed by atoms with E-state index in [9.17, 15) is 13.2 Å². The van der Waals surface area contributed by atoms with Crippen LogP contribution in [-0.2, 0) is 26.7 Å². The Kier molecular flexibility index (Phi) is 6.06. The Morgan fingerprint density at radius 3 is 2.53 bits per heavy atom. The van der Waals surface area contributed by atoms with Crippen molar-refractivity contribution >= 4 is 21.5 Å². The van der Waals surface area contributed by atoms with Crippen LogP contribution in [0.5, 0.6) is 11.5 Å². The van der Waals surface area contributed by atoms with Gasteiger partial charge >= 0.3 is 0 Å². The van der Waals surface area contributed by atoms with Crippen LogP contribution in [0.15, 0.2) is 41.3 Å². The number of rotatable bonds is 7. The van der Waals surface area contributed by atoms with Gasteiger partial charge in [0.05, 0.1) is 24.8 Å². The number of hydrogen-bond acceptors (Lipinski definition) is 6. The molecule has 7 nitrogen and oxygen atoms in total. The van der Waals surface area contributed by atoms with E-state index in [1.807, 2.05) is 6.07 Å². The SMILES string of the molecule is COc1ccccc1S(=O)(=O)Nc1cc(OCC2CCN(C)CC2)c2c(c1)C1(CCC1)C(=O)C2. The van der Waals surface area contributed by atoms with E-state index in [-0.39, 0.29) is 16.4 Å². The average molecular weight is 485 g/mol. The number of carbonyl (C=O) groups excluding carboxylic acids is 1. The first-order chi connectivity index (χ1) is 16.3. The number of fused-ring (bicyclic) bond motifs is 2. The van der Waals surface area contributed by atoms with E-state index < -0.39 is 15.4 Å². The number of para-hydroxylation sites is 1. The van der Waals surface area contributed by atoms with Crippen molar-refractivity contribution in [2.45, 2.75) is 48.8 Å². The molecule has 2 fully saturated rings. The second-order valence-electron chi connectivity index (χ2n) is 9.85. The summed E-state index contributed by atoms with van der Waals surface area (Å²) in [6.45, 7) is 2.67. The number of hydrogen-bond donors (Lipinski definition) is 1. The van der Waals surface area contributed by atoms with Crippen LogP contribution in [0.1, 0.15) is 43.2 Å². The highest BCUT2D eigenvalue weighted by molar-refractivity contribution is 7.92. The largest absolute Gasteiger partial charge is 0.495 e. The zero-order valence-electron chi connectivity index (χ0n) is 19.8. The van der Waals surface area contributed by atoms with Crippen LogP contribution in [0.2, 0.25) is 0 Å².